The summed E-state index contributed by atoms with van der Waals surface area (Å²) in [5, 5.41) is 17.6. The van der Waals surface area contributed by atoms with Crippen LogP contribution >= 0.6 is 0 Å². The van der Waals surface area contributed by atoms with E-state index in [-0.39, 0.29) is 17.2 Å². The lowest BCUT2D eigenvalue weighted by Crippen LogP contribution is -2.03. The fourth-order valence-corrected chi connectivity index (χ4v) is 1.46. The predicted molar refractivity (Wildman–Crippen MR) is 62.4 cm³/mol. The third-order valence-corrected chi connectivity index (χ3v) is 2.26. The van der Waals surface area contributed by atoms with Gasteiger partial charge in [-0.15, -0.1) is 0 Å². The molecule has 0 amide bonds. The molecule has 0 atom stereocenters. The maximum absolute atomic E-state index is 13.4. The van der Waals surface area contributed by atoms with Crippen molar-refractivity contribution in [1.82, 2.24) is 4.98 Å². The predicted octanol–water partition coefficient (Wildman–Crippen LogP) is 2.58. The molecule has 0 bridgehead atoms. The van der Waals surface area contributed by atoms with Gasteiger partial charge in [0.1, 0.15) is 34.6 Å². The van der Waals surface area contributed by atoms with Crippen molar-refractivity contribution < 1.29 is 19.0 Å². The van der Waals surface area contributed by atoms with E-state index < -0.39 is 17.3 Å². The van der Waals surface area contributed by atoms with Crippen molar-refractivity contribution in [2.45, 2.75) is 0 Å². The molecule has 94 valence electrons. The minimum absolute atomic E-state index is 0.116. The first-order chi connectivity index (χ1) is 9.11. The van der Waals surface area contributed by atoms with Crippen LogP contribution in [-0.4, -0.2) is 16.1 Å². The fraction of sp³-hybridized carbons (Fsp3) is 0. The standard InChI is InChI=1S/C13H7FN2O3/c14-10-2-1-3-11(12(10)13(17)18)19-9-4-5-16-8(6-9)7-15/h1-6H,(H,17,18). The van der Waals surface area contributed by atoms with Gasteiger partial charge in [0.2, 0.25) is 0 Å². The number of carboxylic acids is 1. The molecule has 1 heterocycles. The van der Waals surface area contributed by atoms with E-state index in [1.807, 2.05) is 6.07 Å². The molecule has 6 heteroatoms. The van der Waals surface area contributed by atoms with Gasteiger partial charge >= 0.3 is 5.97 Å². The zero-order chi connectivity index (χ0) is 13.8. The molecule has 0 saturated heterocycles. The Bertz CT molecular complexity index is 680. The first kappa shape index (κ1) is 12.5. The number of aromatic carboxylic acids is 1. The molecule has 1 aromatic heterocycles. The smallest absolute Gasteiger partial charge is 0.342 e. The highest BCUT2D eigenvalue weighted by molar-refractivity contribution is 5.91. The molecule has 0 unspecified atom stereocenters. The van der Waals surface area contributed by atoms with Gasteiger partial charge in [-0.3, -0.25) is 0 Å². The summed E-state index contributed by atoms with van der Waals surface area (Å²) in [5.41, 5.74) is -0.441. The average Bonchev–Trinajstić information content (AvgIpc) is 2.38. The highest BCUT2D eigenvalue weighted by Crippen LogP contribution is 2.27. The van der Waals surface area contributed by atoms with Gasteiger partial charge in [-0.25, -0.2) is 14.2 Å². The summed E-state index contributed by atoms with van der Waals surface area (Å²) in [5.74, 6) is -2.25. The highest BCUT2D eigenvalue weighted by atomic mass is 19.1. The molecule has 2 aromatic rings. The molecule has 1 aromatic carbocycles. The molecule has 19 heavy (non-hydrogen) atoms. The summed E-state index contributed by atoms with van der Waals surface area (Å²) >= 11 is 0. The quantitative estimate of drug-likeness (QED) is 0.914. The second kappa shape index (κ2) is 5.14. The zero-order valence-corrected chi connectivity index (χ0v) is 9.50. The Hall–Kier alpha value is -2.94. The number of hydrogen-bond donors (Lipinski definition) is 1. The van der Waals surface area contributed by atoms with E-state index in [0.29, 0.717) is 0 Å². The Labute approximate surface area is 107 Å². The minimum atomic E-state index is -1.43. The number of hydrogen-bond acceptors (Lipinski definition) is 4. The third-order valence-electron chi connectivity index (χ3n) is 2.26. The molecule has 0 spiro atoms. The summed E-state index contributed by atoms with van der Waals surface area (Å²) in [6.07, 6.45) is 1.34. The van der Waals surface area contributed by atoms with Gasteiger partial charge in [0, 0.05) is 12.3 Å². The van der Waals surface area contributed by atoms with Gasteiger partial charge in [0.25, 0.3) is 0 Å². The number of carboxylic acid groups (broad SMARTS) is 1. The van der Waals surface area contributed by atoms with Gasteiger partial charge in [-0.2, -0.15) is 5.26 Å². The Morgan fingerprint density at radius 2 is 2.21 bits per heavy atom. The maximum Gasteiger partial charge on any atom is 0.342 e. The lowest BCUT2D eigenvalue weighted by atomic mass is 10.2. The number of halogens is 1. The number of ether oxygens (including phenoxy) is 1. The van der Waals surface area contributed by atoms with E-state index in [2.05, 4.69) is 4.98 Å². The van der Waals surface area contributed by atoms with Gasteiger partial charge < -0.3 is 9.84 Å². The van der Waals surface area contributed by atoms with Crippen LogP contribution in [0, 0.1) is 17.1 Å². The van der Waals surface area contributed by atoms with Crippen LogP contribution in [0.1, 0.15) is 16.1 Å². The fourth-order valence-electron chi connectivity index (χ4n) is 1.46. The summed E-state index contributed by atoms with van der Waals surface area (Å²) < 4.78 is 18.7. The summed E-state index contributed by atoms with van der Waals surface area (Å²) in [6, 6.07) is 8.29. The Kier molecular flexibility index (Phi) is 3.39. The van der Waals surface area contributed by atoms with Crippen molar-refractivity contribution in [3.63, 3.8) is 0 Å². The molecule has 0 fully saturated rings. The minimum Gasteiger partial charge on any atom is -0.477 e. The summed E-state index contributed by atoms with van der Waals surface area (Å²) in [6.45, 7) is 0. The molecule has 0 saturated carbocycles. The average molecular weight is 258 g/mol. The monoisotopic (exact) mass is 258 g/mol. The van der Waals surface area contributed by atoms with Crippen molar-refractivity contribution in [1.29, 1.82) is 5.26 Å². The number of carbonyl (C=O) groups is 1. The van der Waals surface area contributed by atoms with Crippen LogP contribution in [0.3, 0.4) is 0 Å². The lowest BCUT2D eigenvalue weighted by Gasteiger charge is -2.09. The van der Waals surface area contributed by atoms with Crippen LogP contribution in [-0.2, 0) is 0 Å². The molecular weight excluding hydrogens is 251 g/mol. The second-order valence-electron chi connectivity index (χ2n) is 3.51. The van der Waals surface area contributed by atoms with Crippen molar-refractivity contribution >= 4 is 5.97 Å². The molecule has 2 rings (SSSR count). The number of benzene rings is 1. The molecule has 0 radical (unpaired) electrons. The van der Waals surface area contributed by atoms with Crippen molar-refractivity contribution in [3.05, 3.63) is 53.6 Å². The summed E-state index contributed by atoms with van der Waals surface area (Å²) in [7, 11) is 0. The van der Waals surface area contributed by atoms with E-state index in [0.717, 1.165) is 6.07 Å². The molecular formula is C13H7FN2O3. The first-order valence-corrected chi connectivity index (χ1v) is 5.17. The highest BCUT2D eigenvalue weighted by Gasteiger charge is 2.17. The second-order valence-corrected chi connectivity index (χ2v) is 3.51. The third kappa shape index (κ3) is 2.66. The Morgan fingerprint density at radius 1 is 1.42 bits per heavy atom. The van der Waals surface area contributed by atoms with Crippen LogP contribution < -0.4 is 4.74 Å². The number of aromatic nitrogens is 1. The van der Waals surface area contributed by atoms with E-state index in [1.54, 1.807) is 0 Å². The number of nitriles is 1. The van der Waals surface area contributed by atoms with Crippen molar-refractivity contribution in [2.75, 3.05) is 0 Å². The van der Waals surface area contributed by atoms with Crippen LogP contribution in [0.2, 0.25) is 0 Å². The SMILES string of the molecule is N#Cc1cc(Oc2cccc(F)c2C(=O)O)ccn1. The van der Waals surface area contributed by atoms with Crippen LogP contribution in [0.4, 0.5) is 4.39 Å². The van der Waals surface area contributed by atoms with E-state index in [9.17, 15) is 9.18 Å². The molecule has 1 N–H and O–H groups in total. The van der Waals surface area contributed by atoms with E-state index in [1.165, 1.54) is 30.5 Å². The molecule has 0 aliphatic carbocycles. The van der Waals surface area contributed by atoms with Crippen molar-refractivity contribution in [3.8, 4) is 17.6 Å². The van der Waals surface area contributed by atoms with Crippen LogP contribution in [0.25, 0.3) is 0 Å². The van der Waals surface area contributed by atoms with Crippen LogP contribution in [0.5, 0.6) is 11.5 Å². The topological polar surface area (TPSA) is 83.2 Å². The Morgan fingerprint density at radius 3 is 2.89 bits per heavy atom. The zero-order valence-electron chi connectivity index (χ0n) is 9.50. The van der Waals surface area contributed by atoms with Crippen LogP contribution in [0.15, 0.2) is 36.5 Å². The van der Waals surface area contributed by atoms with Gasteiger partial charge in [-0.05, 0) is 18.2 Å². The largest absolute Gasteiger partial charge is 0.477 e. The normalized spacial score (nSPS) is 9.68. The summed E-state index contributed by atoms with van der Waals surface area (Å²) in [4.78, 5) is 14.7. The Balaban J connectivity index is 2.41. The number of pyridine rings is 1. The van der Waals surface area contributed by atoms with Gasteiger partial charge in [0.15, 0.2) is 0 Å². The molecule has 5 nitrogen and oxygen atoms in total. The van der Waals surface area contributed by atoms with Gasteiger partial charge in [0.05, 0.1) is 0 Å². The molecule has 0 aliphatic rings. The van der Waals surface area contributed by atoms with E-state index in [4.69, 9.17) is 15.1 Å². The van der Waals surface area contributed by atoms with Crippen molar-refractivity contribution in [2.24, 2.45) is 0 Å². The van der Waals surface area contributed by atoms with E-state index >= 15 is 0 Å². The maximum atomic E-state index is 13.4. The molecule has 0 aliphatic heterocycles. The first-order valence-electron chi connectivity index (χ1n) is 5.17. The number of rotatable bonds is 3. The van der Waals surface area contributed by atoms with Gasteiger partial charge in [-0.1, -0.05) is 6.07 Å². The number of nitrogens with zero attached hydrogens (tertiary/aromatic N) is 2. The lowest BCUT2D eigenvalue weighted by molar-refractivity contribution is 0.0689.